The number of carbonyl (C=O) groups excluding carboxylic acids is 2. The number of rotatable bonds is 6. The Morgan fingerprint density at radius 2 is 1.67 bits per heavy atom. The average molecular weight is 373 g/mol. The number of hydrogen-bond donors (Lipinski definition) is 0. The van der Waals surface area contributed by atoms with Crippen molar-refractivity contribution in [3.05, 3.63) is 65.7 Å². The molecule has 0 atom stereocenters. The molecule has 2 aromatic rings. The van der Waals surface area contributed by atoms with Gasteiger partial charge in [-0.1, -0.05) is 30.3 Å². The van der Waals surface area contributed by atoms with Gasteiger partial charge < -0.3 is 9.64 Å². The molecule has 0 bridgehead atoms. The highest BCUT2D eigenvalue weighted by molar-refractivity contribution is 5.97. The van der Waals surface area contributed by atoms with Crippen LogP contribution in [0.1, 0.15) is 36.0 Å². The highest BCUT2D eigenvalue weighted by atomic mass is 19.2. The molecule has 0 aliphatic carbocycles. The van der Waals surface area contributed by atoms with Crippen LogP contribution in [0.15, 0.2) is 48.5 Å². The molecular weight excluding hydrogens is 352 g/mol. The van der Waals surface area contributed by atoms with Crippen LogP contribution in [0.4, 0.5) is 8.78 Å². The Morgan fingerprint density at radius 3 is 2.33 bits per heavy atom. The van der Waals surface area contributed by atoms with Gasteiger partial charge in [0.05, 0.1) is 0 Å². The van der Waals surface area contributed by atoms with E-state index in [1.54, 1.807) is 29.2 Å². The Balaban J connectivity index is 1.43. The summed E-state index contributed by atoms with van der Waals surface area (Å²) in [4.78, 5) is 26.1. The maximum Gasteiger partial charge on any atom is 0.223 e. The number of Topliss-reactive ketones (excluding diaryl/α,β-unsaturated/α-hetero) is 1. The summed E-state index contributed by atoms with van der Waals surface area (Å²) in [7, 11) is 0. The molecule has 0 saturated carbocycles. The van der Waals surface area contributed by atoms with Gasteiger partial charge in [0.1, 0.15) is 11.9 Å². The van der Waals surface area contributed by atoms with E-state index >= 15 is 0 Å². The summed E-state index contributed by atoms with van der Waals surface area (Å²) in [6, 6.07) is 12.4. The van der Waals surface area contributed by atoms with Gasteiger partial charge in [0.25, 0.3) is 0 Å². The highest BCUT2D eigenvalue weighted by Crippen LogP contribution is 2.21. The van der Waals surface area contributed by atoms with Crippen molar-refractivity contribution in [3.63, 3.8) is 0 Å². The minimum Gasteiger partial charge on any atom is -0.490 e. The van der Waals surface area contributed by atoms with Gasteiger partial charge in [0.2, 0.25) is 5.91 Å². The first-order valence-electron chi connectivity index (χ1n) is 9.00. The minimum atomic E-state index is -0.941. The monoisotopic (exact) mass is 373 g/mol. The largest absolute Gasteiger partial charge is 0.490 e. The number of halogens is 2. The number of ketones is 1. The van der Waals surface area contributed by atoms with E-state index < -0.39 is 11.6 Å². The maximum atomic E-state index is 13.2. The van der Waals surface area contributed by atoms with Crippen molar-refractivity contribution < 1.29 is 23.1 Å². The van der Waals surface area contributed by atoms with Gasteiger partial charge in [-0.25, -0.2) is 8.78 Å². The SMILES string of the molecule is O=C(CCC(=O)N1CCC(Oc2ccc(F)c(F)c2)CC1)c1ccccc1. The molecule has 6 heteroatoms. The van der Waals surface area contributed by atoms with Crippen molar-refractivity contribution in [3.8, 4) is 5.75 Å². The molecule has 0 N–H and O–H groups in total. The van der Waals surface area contributed by atoms with E-state index in [4.69, 9.17) is 4.74 Å². The number of likely N-dealkylation sites (tertiary alicyclic amines) is 1. The first kappa shape index (κ1) is 19.0. The number of piperidine rings is 1. The summed E-state index contributed by atoms with van der Waals surface area (Å²) < 4.78 is 31.9. The molecule has 142 valence electrons. The van der Waals surface area contributed by atoms with Crippen molar-refractivity contribution in [2.75, 3.05) is 13.1 Å². The van der Waals surface area contributed by atoms with Gasteiger partial charge in [0.15, 0.2) is 17.4 Å². The molecule has 0 spiro atoms. The van der Waals surface area contributed by atoms with Crippen LogP contribution in [0.5, 0.6) is 5.75 Å². The number of hydrogen-bond acceptors (Lipinski definition) is 3. The minimum absolute atomic E-state index is 0.0412. The lowest BCUT2D eigenvalue weighted by atomic mass is 10.0. The summed E-state index contributed by atoms with van der Waals surface area (Å²) in [5.41, 5.74) is 0.615. The molecule has 3 rings (SSSR count). The van der Waals surface area contributed by atoms with Crippen LogP contribution >= 0.6 is 0 Å². The van der Waals surface area contributed by atoms with E-state index in [1.165, 1.54) is 6.07 Å². The molecule has 4 nitrogen and oxygen atoms in total. The van der Waals surface area contributed by atoms with Crippen LogP contribution in [0, 0.1) is 11.6 Å². The molecule has 0 unspecified atom stereocenters. The molecule has 27 heavy (non-hydrogen) atoms. The van der Waals surface area contributed by atoms with Gasteiger partial charge in [-0.3, -0.25) is 9.59 Å². The Morgan fingerprint density at radius 1 is 0.963 bits per heavy atom. The maximum absolute atomic E-state index is 13.2. The van der Waals surface area contributed by atoms with E-state index in [9.17, 15) is 18.4 Å². The third kappa shape index (κ3) is 5.12. The topological polar surface area (TPSA) is 46.6 Å². The second-order valence-corrected chi connectivity index (χ2v) is 6.56. The van der Waals surface area contributed by atoms with Crippen LogP contribution in [0.3, 0.4) is 0 Å². The Bertz CT molecular complexity index is 802. The molecule has 1 amide bonds. The smallest absolute Gasteiger partial charge is 0.223 e. The zero-order valence-corrected chi connectivity index (χ0v) is 14.9. The third-order valence-electron chi connectivity index (χ3n) is 4.65. The van der Waals surface area contributed by atoms with Crippen LogP contribution < -0.4 is 4.74 Å². The fourth-order valence-electron chi connectivity index (χ4n) is 3.11. The molecule has 0 aromatic heterocycles. The standard InChI is InChI=1S/C21H21F2NO3/c22-18-7-6-17(14-19(18)23)27-16-10-12-24(13-11-16)21(26)9-8-20(25)15-4-2-1-3-5-15/h1-7,14,16H,8-13H2. The lowest BCUT2D eigenvalue weighted by molar-refractivity contribution is -0.132. The number of benzene rings is 2. The number of carbonyl (C=O) groups is 2. The van der Waals surface area contributed by atoms with E-state index in [0.717, 1.165) is 12.1 Å². The third-order valence-corrected chi connectivity index (χ3v) is 4.65. The second kappa shape index (κ2) is 8.75. The quantitative estimate of drug-likeness (QED) is 0.719. The van der Waals surface area contributed by atoms with E-state index in [1.807, 2.05) is 6.07 Å². The number of amides is 1. The first-order chi connectivity index (χ1) is 13.0. The average Bonchev–Trinajstić information content (AvgIpc) is 2.70. The van der Waals surface area contributed by atoms with E-state index in [-0.39, 0.29) is 36.4 Å². The number of ether oxygens (including phenoxy) is 1. The lowest BCUT2D eigenvalue weighted by Gasteiger charge is -2.32. The van der Waals surface area contributed by atoms with Gasteiger partial charge >= 0.3 is 0 Å². The van der Waals surface area contributed by atoms with Crippen LogP contribution in [-0.2, 0) is 4.79 Å². The molecule has 1 saturated heterocycles. The van der Waals surface area contributed by atoms with Crippen LogP contribution in [-0.4, -0.2) is 35.8 Å². The zero-order chi connectivity index (χ0) is 19.2. The van der Waals surface area contributed by atoms with Crippen molar-refractivity contribution in [1.29, 1.82) is 0 Å². The van der Waals surface area contributed by atoms with Crippen molar-refractivity contribution in [1.82, 2.24) is 4.90 Å². The Hall–Kier alpha value is -2.76. The molecule has 1 fully saturated rings. The van der Waals surface area contributed by atoms with Crippen LogP contribution in [0.25, 0.3) is 0 Å². The summed E-state index contributed by atoms with van der Waals surface area (Å²) in [6.45, 7) is 1.04. The highest BCUT2D eigenvalue weighted by Gasteiger charge is 2.24. The molecular formula is C21H21F2NO3. The predicted molar refractivity (Wildman–Crippen MR) is 96.6 cm³/mol. The Kier molecular flexibility index (Phi) is 6.16. The molecule has 2 aromatic carbocycles. The summed E-state index contributed by atoms with van der Waals surface area (Å²) in [5.74, 6) is -1.66. The van der Waals surface area contributed by atoms with E-state index in [2.05, 4.69) is 0 Å². The molecule has 1 heterocycles. The lowest BCUT2D eigenvalue weighted by Crippen LogP contribution is -2.41. The van der Waals surface area contributed by atoms with Gasteiger partial charge in [-0.15, -0.1) is 0 Å². The molecule has 0 radical (unpaired) electrons. The second-order valence-electron chi connectivity index (χ2n) is 6.56. The van der Waals surface area contributed by atoms with Gasteiger partial charge in [-0.05, 0) is 12.1 Å². The fraction of sp³-hybridized carbons (Fsp3) is 0.333. The van der Waals surface area contributed by atoms with Crippen molar-refractivity contribution >= 4 is 11.7 Å². The van der Waals surface area contributed by atoms with E-state index in [0.29, 0.717) is 31.5 Å². The van der Waals surface area contributed by atoms with Crippen LogP contribution in [0.2, 0.25) is 0 Å². The normalized spacial score (nSPS) is 14.8. The first-order valence-corrected chi connectivity index (χ1v) is 9.00. The van der Waals surface area contributed by atoms with Gasteiger partial charge in [-0.2, -0.15) is 0 Å². The Labute approximate surface area is 156 Å². The number of nitrogens with zero attached hydrogens (tertiary/aromatic N) is 1. The van der Waals surface area contributed by atoms with Crippen molar-refractivity contribution in [2.45, 2.75) is 31.8 Å². The zero-order valence-electron chi connectivity index (χ0n) is 14.9. The summed E-state index contributed by atoms with van der Waals surface area (Å²) in [5, 5.41) is 0. The molecule has 1 aliphatic heterocycles. The molecule has 1 aliphatic rings. The summed E-state index contributed by atoms with van der Waals surface area (Å²) >= 11 is 0. The van der Waals surface area contributed by atoms with Crippen molar-refractivity contribution in [2.24, 2.45) is 0 Å². The summed E-state index contributed by atoms with van der Waals surface area (Å²) in [6.07, 6.45) is 1.44. The predicted octanol–water partition coefficient (Wildman–Crippen LogP) is 4.00. The van der Waals surface area contributed by atoms with Gasteiger partial charge in [0, 0.05) is 50.4 Å². The fourth-order valence-corrected chi connectivity index (χ4v) is 3.11.